The Balaban J connectivity index is 0.000000303. The van der Waals surface area contributed by atoms with Crippen molar-refractivity contribution < 1.29 is 171 Å². The van der Waals surface area contributed by atoms with Crippen LogP contribution in [-0.4, -0.2) is 92.4 Å². The summed E-state index contributed by atoms with van der Waals surface area (Å²) in [5, 5.41) is 66.2. The number of carboxylic acids is 6. The largest absolute Gasteiger partial charge is 3.00 e. The minimum Gasteiger partial charge on any atom is -0.546 e. The van der Waals surface area contributed by atoms with Crippen molar-refractivity contribution in [1.29, 1.82) is 0 Å². The number of benzene rings is 8. The van der Waals surface area contributed by atoms with E-state index in [4.69, 9.17) is 28.4 Å². The van der Waals surface area contributed by atoms with Crippen LogP contribution < -0.4 is 59.1 Å². The van der Waals surface area contributed by atoms with Crippen molar-refractivity contribution in [3.63, 3.8) is 0 Å². The number of fused-ring (bicyclic) bond motifs is 6. The van der Waals surface area contributed by atoms with Gasteiger partial charge in [0.05, 0.1) is 57.9 Å². The standard InChI is InChI=1S/2C12H8N2.6C9H10O3.2Ce/c2*1-3-9-5-6-10-4-2-8-14-12(10)11(9)13-7-1;6*1-7(9(10)11)12-8-5-3-2-4-6-8;;/h2*1-8H;6*2-7H,1H3,(H,10,11);;/q;;;;;;;;2*+3/p-6/t;;6*7-;;/m..111000../s1. The van der Waals surface area contributed by atoms with Gasteiger partial charge in [0.2, 0.25) is 0 Å². The quantitative estimate of drug-likeness (QED) is 0.0798. The van der Waals surface area contributed by atoms with Crippen LogP contribution >= 0.6 is 0 Å². The Morgan fingerprint density at radius 2 is 0.363 bits per heavy atom. The van der Waals surface area contributed by atoms with Crippen LogP contribution in [0.3, 0.4) is 0 Å². The van der Waals surface area contributed by atoms with E-state index in [1.54, 1.807) is 170 Å². The van der Waals surface area contributed by atoms with Crippen molar-refractivity contribution in [3.8, 4) is 34.5 Å². The summed E-state index contributed by atoms with van der Waals surface area (Å²) in [5.74, 6) is -4.04. The van der Waals surface area contributed by atoms with Gasteiger partial charge in [-0.15, -0.1) is 0 Å². The summed E-state index contributed by atoms with van der Waals surface area (Å²) in [6.07, 6.45) is 1.75. The molecular weight excluding hydrogens is 1560 g/mol. The van der Waals surface area contributed by atoms with E-state index in [-0.39, 0.29) is 83.5 Å². The second kappa shape index (κ2) is 47.8. The van der Waals surface area contributed by atoms with Gasteiger partial charge in [0.1, 0.15) is 71.1 Å². The molecule has 0 spiro atoms. The Morgan fingerprint density at radius 3 is 0.490 bits per heavy atom. The van der Waals surface area contributed by atoms with Crippen LogP contribution in [0, 0.1) is 83.5 Å². The molecule has 0 unspecified atom stereocenters. The molecule has 0 N–H and O–H groups in total. The minimum atomic E-state index is -1.21. The predicted molar refractivity (Wildman–Crippen MR) is 363 cm³/mol. The number of carbonyl (C=O) groups excluding carboxylic acids is 6. The van der Waals surface area contributed by atoms with Gasteiger partial charge in [-0.3, -0.25) is 19.9 Å². The van der Waals surface area contributed by atoms with Gasteiger partial charge in [-0.05, 0) is 139 Å². The molecule has 0 fully saturated rings. The molecule has 22 nitrogen and oxygen atoms in total. The number of aromatic nitrogens is 4. The van der Waals surface area contributed by atoms with Gasteiger partial charge in [0, 0.05) is 46.3 Å². The summed E-state index contributed by atoms with van der Waals surface area (Å²) in [4.78, 5) is 79.0. The van der Waals surface area contributed by atoms with Gasteiger partial charge >= 0.3 is 83.5 Å². The fourth-order valence-corrected chi connectivity index (χ4v) is 7.87. The van der Waals surface area contributed by atoms with Gasteiger partial charge in [-0.2, -0.15) is 0 Å². The van der Waals surface area contributed by atoms with Gasteiger partial charge in [-0.25, -0.2) is 0 Å². The average Bonchev–Trinajstić information content (AvgIpc) is 0.805. The first-order chi connectivity index (χ1) is 48.1. The maximum Gasteiger partial charge on any atom is 3.00 e. The van der Waals surface area contributed by atoms with E-state index in [0.717, 1.165) is 43.6 Å². The molecule has 0 saturated heterocycles. The molecule has 12 aromatic rings. The maximum atomic E-state index is 10.3. The second-order valence-corrected chi connectivity index (χ2v) is 20.8. The molecule has 2 radical (unpaired) electrons. The molecule has 24 heteroatoms. The van der Waals surface area contributed by atoms with Crippen molar-refractivity contribution in [1.82, 2.24) is 19.9 Å². The van der Waals surface area contributed by atoms with Crippen LogP contribution in [0.5, 0.6) is 34.5 Å². The topological polar surface area (TPSA) is 348 Å². The molecule has 4 heterocycles. The Kier molecular flexibility index (Phi) is 40.3. The Morgan fingerprint density at radius 1 is 0.225 bits per heavy atom. The number of nitrogens with zero attached hydrogens (tertiary/aromatic N) is 4. The summed E-state index contributed by atoms with van der Waals surface area (Å²) < 4.78 is 30.1. The predicted octanol–water partition coefficient (Wildman–Crippen LogP) is 6.79. The minimum absolute atomic E-state index is 0. The smallest absolute Gasteiger partial charge is 0.546 e. The maximum absolute atomic E-state index is 10.3. The first kappa shape index (κ1) is 86.0. The molecule has 6 atom stereocenters. The molecule has 0 amide bonds. The number of aliphatic carboxylic acids is 6. The summed E-state index contributed by atoms with van der Waals surface area (Å²) in [5.41, 5.74) is 3.91. The van der Waals surface area contributed by atoms with Crippen molar-refractivity contribution >= 4 is 79.4 Å². The van der Waals surface area contributed by atoms with Gasteiger partial charge < -0.3 is 87.8 Å². The van der Waals surface area contributed by atoms with Crippen LogP contribution in [0.1, 0.15) is 41.5 Å². The molecule has 102 heavy (non-hydrogen) atoms. The molecule has 518 valence electrons. The molecule has 0 aliphatic rings. The van der Waals surface area contributed by atoms with E-state index >= 15 is 0 Å². The van der Waals surface area contributed by atoms with Crippen LogP contribution in [0.25, 0.3) is 43.6 Å². The van der Waals surface area contributed by atoms with Crippen LogP contribution in [0.4, 0.5) is 0 Å². The molecule has 0 aliphatic carbocycles. The summed E-state index contributed by atoms with van der Waals surface area (Å²) in [6, 6.07) is 76.9. The van der Waals surface area contributed by atoms with E-state index in [2.05, 4.69) is 68.5 Å². The molecule has 0 bridgehead atoms. The fourth-order valence-electron chi connectivity index (χ4n) is 7.87. The molecule has 0 saturated carbocycles. The van der Waals surface area contributed by atoms with Crippen molar-refractivity contribution in [3.05, 3.63) is 280 Å². The normalized spacial score (nSPS) is 11.5. The van der Waals surface area contributed by atoms with Crippen molar-refractivity contribution in [2.24, 2.45) is 0 Å². The Hall–Kier alpha value is -10.2. The molecule has 12 rings (SSSR count). The zero-order valence-corrected chi connectivity index (χ0v) is 62.4. The number of hydrogen-bond donors (Lipinski definition) is 0. The number of carbonyl (C=O) groups is 6. The van der Waals surface area contributed by atoms with E-state index < -0.39 is 72.4 Å². The zero-order chi connectivity index (χ0) is 72.6. The van der Waals surface area contributed by atoms with E-state index in [1.807, 2.05) is 60.7 Å². The number of pyridine rings is 4. The third kappa shape index (κ3) is 32.4. The summed E-state index contributed by atoms with van der Waals surface area (Å²) >= 11 is 0. The first-order valence-corrected chi connectivity index (χ1v) is 30.8. The first-order valence-electron chi connectivity index (χ1n) is 30.8. The number of hydrogen-bond acceptors (Lipinski definition) is 22. The van der Waals surface area contributed by atoms with Gasteiger partial charge in [0.15, 0.2) is 0 Å². The number of ether oxygens (including phenoxy) is 6. The Bertz CT molecular complexity index is 3760. The van der Waals surface area contributed by atoms with Gasteiger partial charge in [-0.1, -0.05) is 158 Å². The SMILES string of the molecule is C[C@@H](Oc1ccccc1)C(=O)[O-].C[C@@H](Oc1ccccc1)C(=O)[O-].C[C@@H](Oc1ccccc1)C(=O)[O-].C[C@H](Oc1ccccc1)C(=O)[O-].C[C@H](Oc1ccccc1)C(=O)[O-].C[C@H](Oc1ccccc1)C(=O)[O-].[Ce+3].[Ce+3].c1cnc2c(c1)ccc1cccnc12.c1cnc2c(c1)ccc1cccnc12. The average molecular weight is 1630 g/mol. The van der Waals surface area contributed by atoms with Gasteiger partial charge in [0.25, 0.3) is 0 Å². The zero-order valence-electron chi connectivity index (χ0n) is 56.2. The number of rotatable bonds is 18. The Labute approximate surface area is 656 Å². The second-order valence-electron chi connectivity index (χ2n) is 20.8. The molecule has 0 aliphatic heterocycles. The number of para-hydroxylation sites is 6. The summed E-state index contributed by atoms with van der Waals surface area (Å²) in [7, 11) is 0. The fraction of sp³-hybridized carbons (Fsp3) is 0.154. The third-order valence-corrected chi connectivity index (χ3v) is 13.0. The van der Waals surface area contributed by atoms with E-state index in [1.165, 1.54) is 41.5 Å². The number of carboxylic acid groups (broad SMARTS) is 6. The van der Waals surface area contributed by atoms with Crippen LogP contribution in [0.15, 0.2) is 280 Å². The van der Waals surface area contributed by atoms with Crippen molar-refractivity contribution in [2.45, 2.75) is 78.2 Å². The van der Waals surface area contributed by atoms with E-state index in [9.17, 15) is 59.4 Å². The summed E-state index contributed by atoms with van der Waals surface area (Å²) in [6.45, 7) is 8.60. The molecular formula is C78H70Ce2N4O18. The van der Waals surface area contributed by atoms with Crippen LogP contribution in [-0.2, 0) is 28.8 Å². The molecule has 8 aromatic carbocycles. The van der Waals surface area contributed by atoms with Crippen molar-refractivity contribution in [2.75, 3.05) is 0 Å². The van der Waals surface area contributed by atoms with Crippen LogP contribution in [0.2, 0.25) is 0 Å². The third-order valence-electron chi connectivity index (χ3n) is 13.0. The monoisotopic (exact) mass is 1630 g/mol. The van der Waals surface area contributed by atoms with E-state index in [0.29, 0.717) is 34.5 Å². The molecule has 4 aromatic heterocycles.